The van der Waals surface area contributed by atoms with Crippen LogP contribution in [0.2, 0.25) is 0 Å². The second-order valence-electron chi connectivity index (χ2n) is 6.01. The Labute approximate surface area is 145 Å². The highest BCUT2D eigenvalue weighted by Gasteiger charge is 2.18. The van der Waals surface area contributed by atoms with Gasteiger partial charge in [0.15, 0.2) is 0 Å². The van der Waals surface area contributed by atoms with E-state index in [1.807, 2.05) is 31.3 Å². The van der Waals surface area contributed by atoms with Crippen LogP contribution in [-0.4, -0.2) is 15.0 Å². The minimum Gasteiger partial charge on any atom is -0.471 e. The van der Waals surface area contributed by atoms with Gasteiger partial charge in [0.25, 0.3) is 0 Å². The van der Waals surface area contributed by atoms with Crippen LogP contribution >= 0.6 is 11.3 Å². The van der Waals surface area contributed by atoms with Crippen LogP contribution in [0.1, 0.15) is 34.8 Å². The standard InChI is InChI=1S/C19H19N3OS/c1-13-21-11-18(24-13)16-10-14-6-2-3-8-17(14)22-19(16)23-12-15-7-4-5-9-20-15/h4-5,7,9-11H,2-3,6,8,12H2,1H3. The maximum Gasteiger partial charge on any atom is 0.222 e. The highest BCUT2D eigenvalue weighted by Crippen LogP contribution is 2.36. The van der Waals surface area contributed by atoms with Gasteiger partial charge in [-0.2, -0.15) is 0 Å². The Kier molecular flexibility index (Phi) is 4.26. The lowest BCUT2D eigenvalue weighted by molar-refractivity contribution is 0.289. The number of pyridine rings is 2. The molecule has 0 fully saturated rings. The summed E-state index contributed by atoms with van der Waals surface area (Å²) < 4.78 is 6.06. The number of nitrogens with zero attached hydrogens (tertiary/aromatic N) is 3. The van der Waals surface area contributed by atoms with Gasteiger partial charge in [-0.15, -0.1) is 11.3 Å². The summed E-state index contributed by atoms with van der Waals surface area (Å²) in [5.74, 6) is 0.699. The molecule has 1 aliphatic rings. The zero-order chi connectivity index (χ0) is 16.4. The second kappa shape index (κ2) is 6.69. The smallest absolute Gasteiger partial charge is 0.222 e. The van der Waals surface area contributed by atoms with E-state index in [1.54, 1.807) is 17.5 Å². The SMILES string of the molecule is Cc1ncc(-c2cc3c(nc2OCc2ccccn2)CCCC3)s1. The molecule has 0 unspecified atom stereocenters. The Balaban J connectivity index is 1.70. The Morgan fingerprint density at radius 2 is 2.08 bits per heavy atom. The third-order valence-corrected chi connectivity index (χ3v) is 5.18. The summed E-state index contributed by atoms with van der Waals surface area (Å²) in [7, 11) is 0. The van der Waals surface area contributed by atoms with Gasteiger partial charge in [-0.25, -0.2) is 9.97 Å². The van der Waals surface area contributed by atoms with Crippen molar-refractivity contribution in [3.05, 3.63) is 58.6 Å². The van der Waals surface area contributed by atoms with Crippen molar-refractivity contribution in [3.63, 3.8) is 0 Å². The Morgan fingerprint density at radius 3 is 2.88 bits per heavy atom. The van der Waals surface area contributed by atoms with Crippen molar-refractivity contribution in [2.24, 2.45) is 0 Å². The summed E-state index contributed by atoms with van der Waals surface area (Å²) >= 11 is 1.68. The van der Waals surface area contributed by atoms with Crippen LogP contribution in [0.15, 0.2) is 36.7 Å². The summed E-state index contributed by atoms with van der Waals surface area (Å²) in [5.41, 5.74) is 4.50. The fourth-order valence-electron chi connectivity index (χ4n) is 3.01. The molecule has 0 radical (unpaired) electrons. The third-order valence-electron chi connectivity index (χ3n) is 4.24. The van der Waals surface area contributed by atoms with Crippen molar-refractivity contribution in [3.8, 4) is 16.3 Å². The van der Waals surface area contributed by atoms with Gasteiger partial charge >= 0.3 is 0 Å². The molecule has 122 valence electrons. The molecule has 0 atom stereocenters. The highest BCUT2D eigenvalue weighted by atomic mass is 32.1. The normalized spacial score (nSPS) is 13.5. The summed E-state index contributed by atoms with van der Waals surface area (Å²) in [5, 5.41) is 1.05. The van der Waals surface area contributed by atoms with Crippen LogP contribution in [0, 0.1) is 6.92 Å². The van der Waals surface area contributed by atoms with Gasteiger partial charge in [0.1, 0.15) is 6.61 Å². The summed E-state index contributed by atoms with van der Waals surface area (Å²) in [6.45, 7) is 2.45. The molecule has 4 rings (SSSR count). The number of aromatic nitrogens is 3. The molecule has 0 amide bonds. The first kappa shape index (κ1) is 15.3. The van der Waals surface area contributed by atoms with E-state index in [-0.39, 0.29) is 0 Å². The predicted molar refractivity (Wildman–Crippen MR) is 95.3 cm³/mol. The first-order valence-electron chi connectivity index (χ1n) is 8.28. The summed E-state index contributed by atoms with van der Waals surface area (Å²) in [6.07, 6.45) is 8.29. The molecule has 1 aliphatic carbocycles. The molecule has 0 saturated carbocycles. The molecule has 0 saturated heterocycles. The van der Waals surface area contributed by atoms with E-state index in [9.17, 15) is 0 Å². The molecule has 0 aromatic carbocycles. The monoisotopic (exact) mass is 337 g/mol. The largest absolute Gasteiger partial charge is 0.471 e. The predicted octanol–water partition coefficient (Wildman–Crippen LogP) is 4.37. The molecule has 3 heterocycles. The molecule has 3 aromatic rings. The Hall–Kier alpha value is -2.27. The molecule has 4 nitrogen and oxygen atoms in total. The number of hydrogen-bond donors (Lipinski definition) is 0. The Bertz CT molecular complexity index is 845. The van der Waals surface area contributed by atoms with Crippen LogP contribution in [0.25, 0.3) is 10.4 Å². The molecule has 5 heteroatoms. The molecule has 0 aliphatic heterocycles. The van der Waals surface area contributed by atoms with E-state index in [4.69, 9.17) is 9.72 Å². The van der Waals surface area contributed by atoms with Gasteiger partial charge in [0.05, 0.1) is 21.1 Å². The average molecular weight is 337 g/mol. The summed E-state index contributed by atoms with van der Waals surface area (Å²) in [6, 6.07) is 8.10. The van der Waals surface area contributed by atoms with Gasteiger partial charge in [-0.3, -0.25) is 4.98 Å². The van der Waals surface area contributed by atoms with Gasteiger partial charge in [0, 0.05) is 18.1 Å². The van der Waals surface area contributed by atoms with E-state index in [1.165, 1.54) is 24.1 Å². The number of rotatable bonds is 4. The lowest BCUT2D eigenvalue weighted by Gasteiger charge is -2.18. The minimum atomic E-state index is 0.428. The van der Waals surface area contributed by atoms with E-state index in [2.05, 4.69) is 16.0 Å². The maximum atomic E-state index is 6.06. The van der Waals surface area contributed by atoms with Gasteiger partial charge in [0.2, 0.25) is 5.88 Å². The van der Waals surface area contributed by atoms with Gasteiger partial charge < -0.3 is 4.74 Å². The minimum absolute atomic E-state index is 0.428. The number of hydrogen-bond acceptors (Lipinski definition) is 5. The quantitative estimate of drug-likeness (QED) is 0.709. The zero-order valence-corrected chi connectivity index (χ0v) is 14.5. The molecule has 0 N–H and O–H groups in total. The van der Waals surface area contributed by atoms with Crippen molar-refractivity contribution >= 4 is 11.3 Å². The first-order valence-corrected chi connectivity index (χ1v) is 9.09. The van der Waals surface area contributed by atoms with Gasteiger partial charge in [-0.05, 0) is 56.4 Å². The molecule has 24 heavy (non-hydrogen) atoms. The first-order chi connectivity index (χ1) is 11.8. The van der Waals surface area contributed by atoms with Crippen molar-refractivity contribution in [1.29, 1.82) is 0 Å². The van der Waals surface area contributed by atoms with Crippen LogP contribution in [-0.2, 0) is 19.4 Å². The number of ether oxygens (including phenoxy) is 1. The van der Waals surface area contributed by atoms with Crippen LogP contribution < -0.4 is 4.74 Å². The molecular weight excluding hydrogens is 318 g/mol. The molecule has 0 spiro atoms. The van der Waals surface area contributed by atoms with E-state index >= 15 is 0 Å². The average Bonchev–Trinajstić information content (AvgIpc) is 3.06. The zero-order valence-electron chi connectivity index (χ0n) is 13.7. The topological polar surface area (TPSA) is 47.9 Å². The number of thiazole rings is 1. The molecular formula is C19H19N3OS. The molecule has 0 bridgehead atoms. The van der Waals surface area contributed by atoms with Crippen molar-refractivity contribution in [2.45, 2.75) is 39.2 Å². The lowest BCUT2D eigenvalue weighted by Crippen LogP contribution is -2.08. The fraction of sp³-hybridized carbons (Fsp3) is 0.316. The van der Waals surface area contributed by atoms with E-state index < -0.39 is 0 Å². The Morgan fingerprint density at radius 1 is 1.17 bits per heavy atom. The van der Waals surface area contributed by atoms with Crippen LogP contribution in [0.4, 0.5) is 0 Å². The van der Waals surface area contributed by atoms with Crippen molar-refractivity contribution < 1.29 is 4.74 Å². The highest BCUT2D eigenvalue weighted by molar-refractivity contribution is 7.15. The maximum absolute atomic E-state index is 6.06. The third kappa shape index (κ3) is 3.17. The van der Waals surface area contributed by atoms with Crippen LogP contribution in [0.5, 0.6) is 5.88 Å². The second-order valence-corrected chi connectivity index (χ2v) is 7.24. The van der Waals surface area contributed by atoms with Crippen molar-refractivity contribution in [2.75, 3.05) is 0 Å². The number of fused-ring (bicyclic) bond motifs is 1. The summed E-state index contributed by atoms with van der Waals surface area (Å²) in [4.78, 5) is 14.7. The van der Waals surface area contributed by atoms with Crippen LogP contribution in [0.3, 0.4) is 0 Å². The molecule has 3 aromatic heterocycles. The fourth-order valence-corrected chi connectivity index (χ4v) is 3.80. The lowest BCUT2D eigenvalue weighted by atomic mass is 9.95. The van der Waals surface area contributed by atoms with E-state index in [0.29, 0.717) is 12.5 Å². The number of aryl methyl sites for hydroxylation is 3. The van der Waals surface area contributed by atoms with E-state index in [0.717, 1.165) is 34.0 Å². The van der Waals surface area contributed by atoms with Crippen molar-refractivity contribution in [1.82, 2.24) is 15.0 Å². The van der Waals surface area contributed by atoms with Gasteiger partial charge in [-0.1, -0.05) is 6.07 Å².